The van der Waals surface area contributed by atoms with Gasteiger partial charge in [-0.25, -0.2) is 24.9 Å². The van der Waals surface area contributed by atoms with Crippen LogP contribution in [-0.4, -0.2) is 58.9 Å². The highest BCUT2D eigenvalue weighted by Crippen LogP contribution is 2.34. The second-order valence-electron chi connectivity index (χ2n) is 8.18. The maximum absolute atomic E-state index is 12.5. The maximum Gasteiger partial charge on any atom is 0.225 e. The van der Waals surface area contributed by atoms with Gasteiger partial charge in [-0.1, -0.05) is 0 Å². The average Bonchev–Trinajstić information content (AvgIpc) is 3.45. The Balaban J connectivity index is 1.46. The molecule has 9 heteroatoms. The summed E-state index contributed by atoms with van der Waals surface area (Å²) in [5.74, 6) is 2.76. The summed E-state index contributed by atoms with van der Waals surface area (Å²) in [5, 5.41) is 3.55. The molecule has 0 aromatic carbocycles. The molecule has 1 saturated heterocycles. The Bertz CT molecular complexity index is 1090. The largest absolute Gasteiger partial charge is 0.363 e. The number of nitrogens with one attached hydrogen (secondary N) is 1. The first kappa shape index (κ1) is 18.9. The average molecular weight is 406 g/mol. The van der Waals surface area contributed by atoms with Gasteiger partial charge in [0.25, 0.3) is 0 Å². The van der Waals surface area contributed by atoms with Gasteiger partial charge in [0.05, 0.1) is 5.56 Å². The van der Waals surface area contributed by atoms with E-state index in [9.17, 15) is 4.79 Å². The van der Waals surface area contributed by atoms with Crippen molar-refractivity contribution in [2.24, 2.45) is 5.92 Å². The molecule has 1 aliphatic heterocycles. The van der Waals surface area contributed by atoms with Crippen molar-refractivity contribution in [2.45, 2.75) is 58.7 Å². The number of nitrogens with zero attached hydrogens (tertiary/aromatic N) is 7. The molecule has 0 bridgehead atoms. The van der Waals surface area contributed by atoms with Crippen molar-refractivity contribution in [3.63, 3.8) is 0 Å². The Morgan fingerprint density at radius 2 is 1.93 bits per heavy atom. The summed E-state index contributed by atoms with van der Waals surface area (Å²) in [7, 11) is 0. The molecule has 2 unspecified atom stereocenters. The van der Waals surface area contributed by atoms with Crippen LogP contribution in [0.4, 0.5) is 5.82 Å². The van der Waals surface area contributed by atoms with Crippen LogP contribution in [0.5, 0.6) is 0 Å². The van der Waals surface area contributed by atoms with Crippen LogP contribution in [0.1, 0.15) is 38.9 Å². The zero-order valence-corrected chi connectivity index (χ0v) is 17.5. The number of hydrogen-bond acceptors (Lipinski definition) is 7. The third-order valence-electron chi connectivity index (χ3n) is 6.17. The minimum Gasteiger partial charge on any atom is -0.363 e. The molecule has 30 heavy (non-hydrogen) atoms. The molecular formula is C21H26N8O. The third-order valence-corrected chi connectivity index (χ3v) is 6.17. The van der Waals surface area contributed by atoms with Crippen LogP contribution in [-0.2, 0) is 11.3 Å². The van der Waals surface area contributed by atoms with Crippen LogP contribution in [0.25, 0.3) is 22.6 Å². The topological polar surface area (TPSA) is 102 Å². The molecule has 9 nitrogen and oxygen atoms in total. The molecule has 2 fully saturated rings. The maximum atomic E-state index is 12.5. The van der Waals surface area contributed by atoms with E-state index in [1.165, 1.54) is 0 Å². The summed E-state index contributed by atoms with van der Waals surface area (Å²) < 4.78 is 2.05. The number of carbonyl (C=O) groups excluding carboxylic acids is 1. The number of aromatic nitrogens is 6. The molecule has 0 radical (unpaired) electrons. The van der Waals surface area contributed by atoms with E-state index in [0.717, 1.165) is 60.7 Å². The van der Waals surface area contributed by atoms with Crippen molar-refractivity contribution in [3.05, 3.63) is 24.5 Å². The number of carbonyl (C=O) groups is 1. The molecule has 1 saturated carbocycles. The first-order chi connectivity index (χ1) is 14.6. The van der Waals surface area contributed by atoms with Crippen LogP contribution in [0.2, 0.25) is 0 Å². The fourth-order valence-electron chi connectivity index (χ4n) is 4.25. The van der Waals surface area contributed by atoms with Crippen molar-refractivity contribution < 1.29 is 4.79 Å². The Kier molecular flexibility index (Phi) is 4.60. The monoisotopic (exact) mass is 406 g/mol. The number of imidazole rings is 1. The van der Waals surface area contributed by atoms with Gasteiger partial charge in [-0.05, 0) is 40.0 Å². The van der Waals surface area contributed by atoms with Crippen molar-refractivity contribution in [3.8, 4) is 11.4 Å². The van der Waals surface area contributed by atoms with Crippen molar-refractivity contribution in [2.75, 3.05) is 11.9 Å². The fraction of sp³-hybridized carbons (Fsp3) is 0.524. The number of amides is 1. The van der Waals surface area contributed by atoms with Crippen molar-refractivity contribution >= 4 is 22.9 Å². The lowest BCUT2D eigenvalue weighted by atomic mass is 10.1. The van der Waals surface area contributed by atoms with Crippen LogP contribution in [0, 0.1) is 12.8 Å². The highest BCUT2D eigenvalue weighted by molar-refractivity contribution is 5.86. The van der Waals surface area contributed by atoms with Crippen LogP contribution in [0.15, 0.2) is 18.7 Å². The molecule has 156 valence electrons. The molecule has 2 aliphatic rings. The van der Waals surface area contributed by atoms with E-state index in [-0.39, 0.29) is 18.0 Å². The van der Waals surface area contributed by atoms with E-state index >= 15 is 0 Å². The second kappa shape index (κ2) is 7.30. The van der Waals surface area contributed by atoms with Crippen LogP contribution >= 0.6 is 0 Å². The quantitative estimate of drug-likeness (QED) is 0.694. The highest BCUT2D eigenvalue weighted by atomic mass is 16.2. The third kappa shape index (κ3) is 3.18. The number of likely N-dealkylation sites (tertiary alicyclic amines) is 1. The molecule has 2 atom stereocenters. The first-order valence-corrected chi connectivity index (χ1v) is 10.6. The van der Waals surface area contributed by atoms with Gasteiger partial charge in [-0.2, -0.15) is 0 Å². The summed E-state index contributed by atoms with van der Waals surface area (Å²) in [6.07, 6.45) is 8.12. The normalized spacial score (nSPS) is 21.4. The molecule has 0 spiro atoms. The Hall–Kier alpha value is -3.10. The number of fused-ring (bicyclic) bond motifs is 1. The lowest BCUT2D eigenvalue weighted by Crippen LogP contribution is -2.40. The Labute approximate surface area is 175 Å². The van der Waals surface area contributed by atoms with Gasteiger partial charge in [-0.15, -0.1) is 0 Å². The summed E-state index contributed by atoms with van der Waals surface area (Å²) >= 11 is 0. The lowest BCUT2D eigenvalue weighted by Gasteiger charge is -2.25. The van der Waals surface area contributed by atoms with E-state index < -0.39 is 0 Å². The predicted octanol–water partition coefficient (Wildman–Crippen LogP) is 2.42. The van der Waals surface area contributed by atoms with E-state index in [1.54, 1.807) is 18.7 Å². The van der Waals surface area contributed by atoms with Gasteiger partial charge < -0.3 is 14.8 Å². The molecule has 1 amide bonds. The van der Waals surface area contributed by atoms with Crippen LogP contribution < -0.4 is 5.32 Å². The summed E-state index contributed by atoms with van der Waals surface area (Å²) in [5.41, 5.74) is 2.36. The lowest BCUT2D eigenvalue weighted by molar-refractivity contribution is -0.133. The summed E-state index contributed by atoms with van der Waals surface area (Å²) in [4.78, 5) is 37.0. The fourth-order valence-corrected chi connectivity index (χ4v) is 4.25. The van der Waals surface area contributed by atoms with Crippen LogP contribution in [0.3, 0.4) is 0 Å². The summed E-state index contributed by atoms with van der Waals surface area (Å²) in [6, 6.07) is 0.269. The van der Waals surface area contributed by atoms with Crippen molar-refractivity contribution in [1.29, 1.82) is 0 Å². The first-order valence-electron chi connectivity index (χ1n) is 10.6. The van der Waals surface area contributed by atoms with Gasteiger partial charge in [0, 0.05) is 43.5 Å². The summed E-state index contributed by atoms with van der Waals surface area (Å²) in [6.45, 7) is 7.55. The smallest absolute Gasteiger partial charge is 0.225 e. The van der Waals surface area contributed by atoms with E-state index in [1.807, 2.05) is 11.8 Å². The molecule has 5 rings (SSSR count). The van der Waals surface area contributed by atoms with E-state index in [4.69, 9.17) is 4.98 Å². The number of hydrogen-bond donors (Lipinski definition) is 1. The van der Waals surface area contributed by atoms with E-state index in [2.05, 4.69) is 43.7 Å². The highest BCUT2D eigenvalue weighted by Gasteiger charge is 2.40. The molecule has 1 aliphatic carbocycles. The number of aryl methyl sites for hydroxylation is 2. The molecule has 3 aromatic rings. The molecule has 1 N–H and O–H groups in total. The molecule has 4 heterocycles. The zero-order chi connectivity index (χ0) is 20.8. The Morgan fingerprint density at radius 1 is 1.17 bits per heavy atom. The standard InChI is InChI=1S/C21H26N8O/c1-4-28-19(15-9-22-13(3)23-10-15)27-17-18(24-11-25-20(17)28)26-16-7-8-29(12(16)2)21(30)14-5-6-14/h9-12,14,16H,4-8H2,1-3H3,(H,24,25,26). The zero-order valence-electron chi connectivity index (χ0n) is 17.5. The van der Waals surface area contributed by atoms with Gasteiger partial charge in [-0.3, -0.25) is 4.79 Å². The van der Waals surface area contributed by atoms with Gasteiger partial charge in [0.2, 0.25) is 5.91 Å². The predicted molar refractivity (Wildman–Crippen MR) is 113 cm³/mol. The minimum absolute atomic E-state index is 0.126. The van der Waals surface area contributed by atoms with Crippen molar-refractivity contribution in [1.82, 2.24) is 34.4 Å². The van der Waals surface area contributed by atoms with Gasteiger partial charge in [0.15, 0.2) is 17.0 Å². The number of rotatable bonds is 5. The van der Waals surface area contributed by atoms with E-state index in [0.29, 0.717) is 11.7 Å². The SMILES string of the molecule is CCn1c(-c2cnc(C)nc2)nc2c(NC3CCN(C(=O)C4CC4)C3C)ncnc21. The molecule has 3 aromatic heterocycles. The minimum atomic E-state index is 0.126. The van der Waals surface area contributed by atoms with Gasteiger partial charge >= 0.3 is 0 Å². The second-order valence-corrected chi connectivity index (χ2v) is 8.18. The number of anilines is 1. The van der Waals surface area contributed by atoms with Gasteiger partial charge in [0.1, 0.15) is 18.0 Å². The Morgan fingerprint density at radius 3 is 2.63 bits per heavy atom. The molecular weight excluding hydrogens is 380 g/mol.